The molecule has 1 aliphatic rings. The third kappa shape index (κ3) is 4.33. The number of carbonyl (C=O) groups excluding carboxylic acids is 2. The summed E-state index contributed by atoms with van der Waals surface area (Å²) in [5.74, 6) is -0.401. The van der Waals surface area contributed by atoms with E-state index in [1.807, 2.05) is 24.3 Å². The number of esters is 1. The summed E-state index contributed by atoms with van der Waals surface area (Å²) in [6, 6.07) is 12.0. The summed E-state index contributed by atoms with van der Waals surface area (Å²) in [5, 5.41) is 2.91. The predicted molar refractivity (Wildman–Crippen MR) is 104 cm³/mol. The van der Waals surface area contributed by atoms with Crippen LogP contribution in [0, 0.1) is 0 Å². The fraction of sp³-hybridized carbons (Fsp3) is 0.429. The molecule has 0 saturated heterocycles. The van der Waals surface area contributed by atoms with Gasteiger partial charge in [0.05, 0.1) is 0 Å². The number of nitrogens with one attached hydrogen (secondary N) is 1. The molecule has 2 aromatic rings. The fourth-order valence-corrected chi connectivity index (χ4v) is 4.43. The summed E-state index contributed by atoms with van der Waals surface area (Å²) in [5.41, 5.74) is 2.46. The zero-order valence-electron chi connectivity index (χ0n) is 15.3. The quantitative estimate of drug-likeness (QED) is 0.746. The van der Waals surface area contributed by atoms with Crippen LogP contribution >= 0.6 is 11.3 Å². The molecule has 26 heavy (non-hydrogen) atoms. The zero-order chi connectivity index (χ0) is 18.5. The van der Waals surface area contributed by atoms with Crippen molar-refractivity contribution in [3.05, 3.63) is 57.3 Å². The molecule has 2 atom stereocenters. The van der Waals surface area contributed by atoms with E-state index in [-0.39, 0.29) is 11.8 Å². The van der Waals surface area contributed by atoms with Crippen molar-refractivity contribution in [2.24, 2.45) is 0 Å². The molecule has 0 aliphatic heterocycles. The van der Waals surface area contributed by atoms with E-state index in [9.17, 15) is 9.59 Å². The molecule has 1 N–H and O–H groups in total. The Labute approximate surface area is 158 Å². The van der Waals surface area contributed by atoms with E-state index in [2.05, 4.69) is 24.4 Å². The van der Waals surface area contributed by atoms with Crippen molar-refractivity contribution < 1.29 is 14.3 Å². The highest BCUT2D eigenvalue weighted by atomic mass is 32.1. The van der Waals surface area contributed by atoms with Crippen molar-refractivity contribution in [3.63, 3.8) is 0 Å². The minimum absolute atomic E-state index is 0.253. The van der Waals surface area contributed by atoms with Crippen molar-refractivity contribution in [2.75, 3.05) is 6.54 Å². The molecule has 0 fully saturated rings. The summed E-state index contributed by atoms with van der Waals surface area (Å²) in [6.45, 7) is 4.26. The molecule has 0 spiro atoms. The molecule has 4 nitrogen and oxygen atoms in total. The van der Waals surface area contributed by atoms with E-state index in [0.29, 0.717) is 11.4 Å². The van der Waals surface area contributed by atoms with Gasteiger partial charge in [-0.1, -0.05) is 37.3 Å². The van der Waals surface area contributed by atoms with Crippen molar-refractivity contribution in [1.29, 1.82) is 0 Å². The minimum Gasteiger partial charge on any atom is -0.448 e. The lowest BCUT2D eigenvalue weighted by atomic mass is 9.96. The number of fused-ring (bicyclic) bond motifs is 1. The molecule has 1 heterocycles. The van der Waals surface area contributed by atoms with Crippen LogP contribution in [0.3, 0.4) is 0 Å². The van der Waals surface area contributed by atoms with Crippen LogP contribution in [0.4, 0.5) is 0 Å². The van der Waals surface area contributed by atoms with Gasteiger partial charge in [-0.25, -0.2) is 4.79 Å². The summed E-state index contributed by atoms with van der Waals surface area (Å²) in [4.78, 5) is 26.5. The Bertz CT molecular complexity index is 747. The van der Waals surface area contributed by atoms with Gasteiger partial charge in [0.2, 0.25) is 0 Å². The first-order chi connectivity index (χ1) is 12.6. The first-order valence-corrected chi connectivity index (χ1v) is 10.0. The first-order valence-electron chi connectivity index (χ1n) is 9.23. The van der Waals surface area contributed by atoms with Gasteiger partial charge in [0, 0.05) is 17.3 Å². The van der Waals surface area contributed by atoms with Crippen molar-refractivity contribution in [2.45, 2.75) is 51.6 Å². The van der Waals surface area contributed by atoms with Gasteiger partial charge >= 0.3 is 5.97 Å². The number of hydrogen-bond donors (Lipinski definition) is 1. The lowest BCUT2D eigenvalue weighted by Gasteiger charge is -2.18. The highest BCUT2D eigenvalue weighted by molar-refractivity contribution is 7.14. The Balaban J connectivity index is 1.51. The van der Waals surface area contributed by atoms with Gasteiger partial charge in [-0.2, -0.15) is 0 Å². The molecular weight excluding hydrogens is 346 g/mol. The molecule has 138 valence electrons. The fourth-order valence-electron chi connectivity index (χ4n) is 3.29. The monoisotopic (exact) mass is 371 g/mol. The van der Waals surface area contributed by atoms with Crippen molar-refractivity contribution in [1.82, 2.24) is 5.32 Å². The van der Waals surface area contributed by atoms with E-state index < -0.39 is 12.1 Å². The summed E-state index contributed by atoms with van der Waals surface area (Å²) < 4.78 is 5.37. The highest BCUT2D eigenvalue weighted by Gasteiger charge is 2.23. The molecule has 0 saturated carbocycles. The molecule has 0 bridgehead atoms. The maximum atomic E-state index is 12.3. The Morgan fingerprint density at radius 2 is 2.00 bits per heavy atom. The number of benzene rings is 1. The van der Waals surface area contributed by atoms with Crippen LogP contribution in [-0.4, -0.2) is 24.5 Å². The molecule has 5 heteroatoms. The van der Waals surface area contributed by atoms with Crippen LogP contribution in [-0.2, 0) is 22.4 Å². The highest BCUT2D eigenvalue weighted by Crippen LogP contribution is 2.31. The van der Waals surface area contributed by atoms with Gasteiger partial charge in [0.25, 0.3) is 5.91 Å². The number of ether oxygens (including phenoxy) is 1. The second kappa shape index (κ2) is 8.49. The lowest BCUT2D eigenvalue weighted by molar-refractivity contribution is -0.129. The van der Waals surface area contributed by atoms with Crippen LogP contribution < -0.4 is 5.32 Å². The normalized spacial score (nSPS) is 15.2. The van der Waals surface area contributed by atoms with Gasteiger partial charge in [0.1, 0.15) is 4.88 Å². The molecule has 1 aromatic carbocycles. The van der Waals surface area contributed by atoms with Gasteiger partial charge in [0.15, 0.2) is 6.10 Å². The van der Waals surface area contributed by atoms with E-state index in [0.717, 1.165) is 25.7 Å². The average molecular weight is 372 g/mol. The van der Waals surface area contributed by atoms with E-state index >= 15 is 0 Å². The van der Waals surface area contributed by atoms with Crippen LogP contribution in [0.25, 0.3) is 0 Å². The van der Waals surface area contributed by atoms with Gasteiger partial charge < -0.3 is 10.1 Å². The number of aryl methyl sites for hydroxylation is 2. The van der Waals surface area contributed by atoms with Crippen molar-refractivity contribution in [3.8, 4) is 0 Å². The number of amides is 1. The standard InChI is InChI=1S/C21H25NO3S/c1-3-15(16-8-5-4-6-9-16)13-22-20(23)14(2)25-21(24)19-12-17-10-7-11-18(17)26-19/h4-6,8-9,12,14-15H,3,7,10-11,13H2,1-2H3,(H,22,23)/t14-,15-/m1/s1. The zero-order valence-corrected chi connectivity index (χ0v) is 16.1. The molecule has 1 amide bonds. The molecule has 1 aromatic heterocycles. The second-order valence-corrected chi connectivity index (χ2v) is 7.86. The average Bonchev–Trinajstić information content (AvgIpc) is 3.25. The van der Waals surface area contributed by atoms with E-state index in [1.165, 1.54) is 27.3 Å². The number of thiophene rings is 1. The number of hydrogen-bond acceptors (Lipinski definition) is 4. The van der Waals surface area contributed by atoms with Crippen molar-refractivity contribution >= 4 is 23.2 Å². The van der Waals surface area contributed by atoms with Gasteiger partial charge in [-0.05, 0) is 49.8 Å². The number of rotatable bonds is 7. The number of carbonyl (C=O) groups is 2. The third-order valence-electron chi connectivity index (χ3n) is 4.89. The summed E-state index contributed by atoms with van der Waals surface area (Å²) in [7, 11) is 0. The molecule has 0 radical (unpaired) electrons. The smallest absolute Gasteiger partial charge is 0.349 e. The van der Waals surface area contributed by atoms with Crippen LogP contribution in [0.2, 0.25) is 0 Å². The van der Waals surface area contributed by atoms with Crippen LogP contribution in [0.1, 0.15) is 58.3 Å². The second-order valence-electron chi connectivity index (χ2n) is 6.72. The Kier molecular flexibility index (Phi) is 6.09. The SMILES string of the molecule is CC[C@H](CNC(=O)[C@@H](C)OC(=O)c1cc2c(s1)CCC2)c1ccccc1. The Hall–Kier alpha value is -2.14. The van der Waals surface area contributed by atoms with Crippen LogP contribution in [0.15, 0.2) is 36.4 Å². The topological polar surface area (TPSA) is 55.4 Å². The maximum Gasteiger partial charge on any atom is 0.349 e. The Morgan fingerprint density at radius 3 is 2.69 bits per heavy atom. The molecule has 1 aliphatic carbocycles. The first kappa shape index (κ1) is 18.6. The predicted octanol–water partition coefficient (Wildman–Crippen LogP) is 4.09. The van der Waals surface area contributed by atoms with E-state index in [1.54, 1.807) is 6.92 Å². The lowest BCUT2D eigenvalue weighted by Crippen LogP contribution is -2.37. The third-order valence-corrected chi connectivity index (χ3v) is 6.10. The molecular formula is C21H25NO3S. The molecule has 0 unspecified atom stereocenters. The summed E-state index contributed by atoms with van der Waals surface area (Å²) >= 11 is 1.50. The van der Waals surface area contributed by atoms with E-state index in [4.69, 9.17) is 4.74 Å². The Morgan fingerprint density at radius 1 is 1.23 bits per heavy atom. The maximum absolute atomic E-state index is 12.3. The van der Waals surface area contributed by atoms with Gasteiger partial charge in [-0.3, -0.25) is 4.79 Å². The molecule has 3 rings (SSSR count). The minimum atomic E-state index is -0.798. The largest absolute Gasteiger partial charge is 0.448 e. The summed E-state index contributed by atoms with van der Waals surface area (Å²) in [6.07, 6.45) is 3.37. The van der Waals surface area contributed by atoms with Gasteiger partial charge in [-0.15, -0.1) is 11.3 Å². The van der Waals surface area contributed by atoms with Crippen LogP contribution in [0.5, 0.6) is 0 Å².